The lowest BCUT2D eigenvalue weighted by molar-refractivity contribution is 0.672. The summed E-state index contributed by atoms with van der Waals surface area (Å²) in [5.41, 5.74) is 12.0. The third-order valence-electron chi connectivity index (χ3n) is 10.1. The van der Waals surface area contributed by atoms with Crippen molar-refractivity contribution in [2.45, 2.75) is 0 Å². The molecule has 0 fully saturated rings. The minimum Gasteiger partial charge on any atom is -0.455 e. The zero-order chi connectivity index (χ0) is 34.4. The standard InChI is InChI=1S/C49H32N2O/c1-2-9-33(10-3-1)38-13-6-15-40(29-38)51(42-24-26-48-46(31-42)45-25-23-37-27-28-50-32-47(37)49(45)52-48)41-16-7-14-39(30-41)34-19-21-36(22-20-34)44-18-8-12-35-11-4-5-17-43(35)44/h1-32H. The Hall–Kier alpha value is -6.97. The van der Waals surface area contributed by atoms with Crippen LogP contribution in [-0.4, -0.2) is 4.98 Å². The highest BCUT2D eigenvalue weighted by molar-refractivity contribution is 6.15. The van der Waals surface area contributed by atoms with Crippen LogP contribution in [-0.2, 0) is 0 Å². The molecule has 244 valence electrons. The van der Waals surface area contributed by atoms with Crippen molar-refractivity contribution in [1.29, 1.82) is 0 Å². The molecular formula is C49H32N2O. The Morgan fingerprint density at radius 2 is 1.02 bits per heavy atom. The maximum absolute atomic E-state index is 6.47. The lowest BCUT2D eigenvalue weighted by Crippen LogP contribution is -2.10. The van der Waals surface area contributed by atoms with Gasteiger partial charge >= 0.3 is 0 Å². The second kappa shape index (κ2) is 12.4. The summed E-state index contributed by atoms with van der Waals surface area (Å²) in [6, 6.07) is 65.1. The van der Waals surface area contributed by atoms with Gasteiger partial charge in [0.05, 0.1) is 0 Å². The summed E-state index contributed by atoms with van der Waals surface area (Å²) in [6.45, 7) is 0. The van der Waals surface area contributed by atoms with Crippen molar-refractivity contribution in [2.75, 3.05) is 4.90 Å². The molecule has 0 N–H and O–H groups in total. The van der Waals surface area contributed by atoms with Gasteiger partial charge in [-0.15, -0.1) is 0 Å². The van der Waals surface area contributed by atoms with Crippen LogP contribution < -0.4 is 4.90 Å². The predicted octanol–water partition coefficient (Wildman–Crippen LogP) is 13.8. The van der Waals surface area contributed by atoms with Gasteiger partial charge in [-0.1, -0.05) is 127 Å². The topological polar surface area (TPSA) is 29.3 Å². The average Bonchev–Trinajstić information content (AvgIpc) is 3.60. The fourth-order valence-electron chi connectivity index (χ4n) is 7.57. The molecule has 0 aliphatic rings. The van der Waals surface area contributed by atoms with Crippen molar-refractivity contribution in [3.8, 4) is 33.4 Å². The molecule has 0 aliphatic carbocycles. The summed E-state index contributed by atoms with van der Waals surface area (Å²) >= 11 is 0. The van der Waals surface area contributed by atoms with E-state index in [1.807, 2.05) is 18.5 Å². The van der Waals surface area contributed by atoms with Gasteiger partial charge in [-0.25, -0.2) is 0 Å². The van der Waals surface area contributed by atoms with Crippen molar-refractivity contribution >= 4 is 60.5 Å². The van der Waals surface area contributed by atoms with Gasteiger partial charge in [-0.05, 0) is 104 Å². The molecule has 0 radical (unpaired) electrons. The highest BCUT2D eigenvalue weighted by Crippen LogP contribution is 2.42. The Kier molecular flexibility index (Phi) is 7.14. The predicted molar refractivity (Wildman–Crippen MR) is 218 cm³/mol. The average molecular weight is 665 g/mol. The number of aromatic nitrogens is 1. The molecule has 0 saturated heterocycles. The molecule has 8 aromatic carbocycles. The van der Waals surface area contributed by atoms with Crippen LogP contribution in [0.15, 0.2) is 199 Å². The smallest absolute Gasteiger partial charge is 0.144 e. The van der Waals surface area contributed by atoms with E-state index in [1.165, 1.54) is 33.0 Å². The molecule has 0 atom stereocenters. The van der Waals surface area contributed by atoms with Crippen LogP contribution in [0, 0.1) is 0 Å². The number of fused-ring (bicyclic) bond motifs is 6. The summed E-state index contributed by atoms with van der Waals surface area (Å²) in [5.74, 6) is 0. The van der Waals surface area contributed by atoms with Crippen LogP contribution in [0.1, 0.15) is 0 Å². The summed E-state index contributed by atoms with van der Waals surface area (Å²) < 4.78 is 6.47. The summed E-state index contributed by atoms with van der Waals surface area (Å²) in [6.07, 6.45) is 3.71. The van der Waals surface area contributed by atoms with Crippen molar-refractivity contribution in [1.82, 2.24) is 4.98 Å². The molecular weight excluding hydrogens is 633 g/mol. The Bertz CT molecular complexity index is 2900. The molecule has 0 saturated carbocycles. The summed E-state index contributed by atoms with van der Waals surface area (Å²) in [7, 11) is 0. The molecule has 0 amide bonds. The van der Waals surface area contributed by atoms with Gasteiger partial charge in [-0.3, -0.25) is 4.98 Å². The van der Waals surface area contributed by atoms with Gasteiger partial charge in [0, 0.05) is 45.6 Å². The Labute approximate surface area is 301 Å². The number of pyridine rings is 1. The van der Waals surface area contributed by atoms with Gasteiger partial charge in [0.1, 0.15) is 11.2 Å². The van der Waals surface area contributed by atoms with E-state index in [0.29, 0.717) is 0 Å². The SMILES string of the molecule is c1ccc(-c2cccc(N(c3cccc(-c4ccc(-c5cccc6ccccc56)cc4)c3)c3ccc4oc5c6cnccc6ccc5c4c3)c2)cc1. The van der Waals surface area contributed by atoms with Crippen molar-refractivity contribution in [3.63, 3.8) is 0 Å². The fraction of sp³-hybridized carbons (Fsp3) is 0. The normalized spacial score (nSPS) is 11.5. The molecule has 10 rings (SSSR count). The first kappa shape index (κ1) is 29.9. The van der Waals surface area contributed by atoms with E-state index in [-0.39, 0.29) is 0 Å². The van der Waals surface area contributed by atoms with Gasteiger partial charge < -0.3 is 9.32 Å². The summed E-state index contributed by atoms with van der Waals surface area (Å²) in [5, 5.41) is 6.80. The lowest BCUT2D eigenvalue weighted by Gasteiger charge is -2.26. The number of rotatable bonds is 6. The molecule has 10 aromatic rings. The van der Waals surface area contributed by atoms with E-state index < -0.39 is 0 Å². The molecule has 0 bridgehead atoms. The van der Waals surface area contributed by atoms with E-state index in [2.05, 4.69) is 186 Å². The van der Waals surface area contributed by atoms with E-state index in [9.17, 15) is 0 Å². The first-order valence-electron chi connectivity index (χ1n) is 17.6. The maximum atomic E-state index is 6.47. The van der Waals surface area contributed by atoms with Crippen molar-refractivity contribution in [3.05, 3.63) is 194 Å². The van der Waals surface area contributed by atoms with E-state index in [4.69, 9.17) is 4.42 Å². The van der Waals surface area contributed by atoms with Crippen LogP contribution >= 0.6 is 0 Å². The first-order valence-corrected chi connectivity index (χ1v) is 17.6. The number of furan rings is 1. The minimum atomic E-state index is 0.855. The highest BCUT2D eigenvalue weighted by Gasteiger charge is 2.18. The minimum absolute atomic E-state index is 0.855. The lowest BCUT2D eigenvalue weighted by atomic mass is 9.96. The Balaban J connectivity index is 1.10. The van der Waals surface area contributed by atoms with Gasteiger partial charge in [0.25, 0.3) is 0 Å². The number of nitrogens with zero attached hydrogens (tertiary/aromatic N) is 2. The zero-order valence-corrected chi connectivity index (χ0v) is 28.3. The van der Waals surface area contributed by atoms with E-state index >= 15 is 0 Å². The van der Waals surface area contributed by atoms with Crippen LogP contribution in [0.4, 0.5) is 17.1 Å². The Morgan fingerprint density at radius 1 is 0.385 bits per heavy atom. The second-order valence-corrected chi connectivity index (χ2v) is 13.2. The maximum Gasteiger partial charge on any atom is 0.144 e. The molecule has 3 nitrogen and oxygen atoms in total. The fourth-order valence-corrected chi connectivity index (χ4v) is 7.57. The van der Waals surface area contributed by atoms with Crippen LogP contribution in [0.2, 0.25) is 0 Å². The largest absolute Gasteiger partial charge is 0.455 e. The molecule has 0 aliphatic heterocycles. The second-order valence-electron chi connectivity index (χ2n) is 13.2. The van der Waals surface area contributed by atoms with E-state index in [1.54, 1.807) is 0 Å². The van der Waals surface area contributed by atoms with Crippen LogP contribution in [0.25, 0.3) is 76.9 Å². The van der Waals surface area contributed by atoms with E-state index in [0.717, 1.165) is 60.9 Å². The van der Waals surface area contributed by atoms with Gasteiger partial charge in [-0.2, -0.15) is 0 Å². The van der Waals surface area contributed by atoms with Crippen molar-refractivity contribution < 1.29 is 4.42 Å². The van der Waals surface area contributed by atoms with Gasteiger partial charge in [0.15, 0.2) is 0 Å². The molecule has 0 unspecified atom stereocenters. The van der Waals surface area contributed by atoms with Crippen LogP contribution in [0.3, 0.4) is 0 Å². The monoisotopic (exact) mass is 664 g/mol. The summed E-state index contributed by atoms with van der Waals surface area (Å²) in [4.78, 5) is 6.74. The van der Waals surface area contributed by atoms with Crippen molar-refractivity contribution in [2.24, 2.45) is 0 Å². The molecule has 52 heavy (non-hydrogen) atoms. The molecule has 2 heterocycles. The number of anilines is 3. The third-order valence-corrected chi connectivity index (χ3v) is 10.1. The third kappa shape index (κ3) is 5.19. The molecule has 0 spiro atoms. The quantitative estimate of drug-likeness (QED) is 0.177. The Morgan fingerprint density at radius 3 is 1.83 bits per heavy atom. The molecule has 3 heteroatoms. The number of benzene rings is 8. The molecule has 2 aromatic heterocycles. The first-order chi connectivity index (χ1) is 25.8. The number of hydrogen-bond acceptors (Lipinski definition) is 3. The highest BCUT2D eigenvalue weighted by atomic mass is 16.3. The van der Waals surface area contributed by atoms with Gasteiger partial charge in [0.2, 0.25) is 0 Å². The number of hydrogen-bond donors (Lipinski definition) is 0. The van der Waals surface area contributed by atoms with Crippen LogP contribution in [0.5, 0.6) is 0 Å². The zero-order valence-electron chi connectivity index (χ0n) is 28.3.